The van der Waals surface area contributed by atoms with Gasteiger partial charge in [0, 0.05) is 18.6 Å². The molecule has 114 valence electrons. The summed E-state index contributed by atoms with van der Waals surface area (Å²) in [5.41, 5.74) is 1.53. The van der Waals surface area contributed by atoms with Crippen LogP contribution in [0.25, 0.3) is 0 Å². The van der Waals surface area contributed by atoms with Crippen LogP contribution in [0.3, 0.4) is 0 Å². The summed E-state index contributed by atoms with van der Waals surface area (Å²) in [5.74, 6) is 2.46. The van der Waals surface area contributed by atoms with Gasteiger partial charge in [-0.1, -0.05) is 37.3 Å². The predicted molar refractivity (Wildman–Crippen MR) is 87.5 cm³/mol. The Morgan fingerprint density at radius 1 is 1.14 bits per heavy atom. The highest BCUT2D eigenvalue weighted by molar-refractivity contribution is 5.24. The molecule has 0 radical (unpaired) electrons. The number of likely N-dealkylation sites (tertiary alicyclic amines) is 1. The quantitative estimate of drug-likeness (QED) is 0.893. The Morgan fingerprint density at radius 2 is 1.95 bits per heavy atom. The van der Waals surface area contributed by atoms with E-state index in [2.05, 4.69) is 47.5 Å². The third-order valence-electron chi connectivity index (χ3n) is 6.05. The lowest BCUT2D eigenvalue weighted by atomic mass is 9.67. The fourth-order valence-corrected chi connectivity index (χ4v) is 4.32. The van der Waals surface area contributed by atoms with Crippen molar-refractivity contribution in [3.63, 3.8) is 0 Å². The molecule has 3 aliphatic rings. The number of nitrogens with one attached hydrogen (secondary N) is 1. The second-order valence-corrected chi connectivity index (χ2v) is 7.51. The molecule has 1 N–H and O–H groups in total. The fourth-order valence-electron chi connectivity index (χ4n) is 4.32. The van der Waals surface area contributed by atoms with Crippen molar-refractivity contribution in [2.45, 2.75) is 50.6 Å². The average molecular weight is 284 g/mol. The maximum atomic E-state index is 3.86. The Morgan fingerprint density at radius 3 is 2.67 bits per heavy atom. The Labute approximate surface area is 128 Å². The molecule has 0 amide bonds. The zero-order chi connectivity index (χ0) is 14.2. The van der Waals surface area contributed by atoms with Crippen molar-refractivity contribution in [1.82, 2.24) is 10.2 Å². The van der Waals surface area contributed by atoms with Crippen LogP contribution in [0, 0.1) is 11.8 Å². The molecular weight excluding hydrogens is 256 g/mol. The summed E-state index contributed by atoms with van der Waals surface area (Å²) < 4.78 is 0. The van der Waals surface area contributed by atoms with E-state index in [-0.39, 0.29) is 0 Å². The van der Waals surface area contributed by atoms with Gasteiger partial charge in [0.15, 0.2) is 0 Å². The van der Waals surface area contributed by atoms with E-state index in [0.717, 1.165) is 29.8 Å². The molecule has 0 spiro atoms. The van der Waals surface area contributed by atoms with Crippen LogP contribution in [-0.2, 0) is 0 Å². The van der Waals surface area contributed by atoms with Crippen LogP contribution in [0.15, 0.2) is 30.3 Å². The SMILES string of the molecule is C[C@H]1[C@@H](c2ccccc2)C[C@H]1NC[C@H]1CCN(C2CC2)C1. The van der Waals surface area contributed by atoms with Gasteiger partial charge in [0.25, 0.3) is 0 Å². The summed E-state index contributed by atoms with van der Waals surface area (Å²) in [4.78, 5) is 2.73. The minimum absolute atomic E-state index is 0.741. The molecule has 1 aromatic carbocycles. The van der Waals surface area contributed by atoms with Gasteiger partial charge in [-0.2, -0.15) is 0 Å². The highest BCUT2D eigenvalue weighted by atomic mass is 15.2. The molecule has 0 aromatic heterocycles. The monoisotopic (exact) mass is 284 g/mol. The number of hydrogen-bond donors (Lipinski definition) is 1. The Bertz CT molecular complexity index is 468. The summed E-state index contributed by atoms with van der Waals surface area (Å²) in [6.07, 6.45) is 5.65. The first-order valence-electron chi connectivity index (χ1n) is 8.83. The van der Waals surface area contributed by atoms with E-state index in [9.17, 15) is 0 Å². The lowest BCUT2D eigenvalue weighted by molar-refractivity contribution is 0.177. The van der Waals surface area contributed by atoms with E-state index < -0.39 is 0 Å². The summed E-state index contributed by atoms with van der Waals surface area (Å²) in [5, 5.41) is 3.86. The maximum Gasteiger partial charge on any atom is 0.0105 e. The predicted octanol–water partition coefficient (Wildman–Crippen LogP) is 3.25. The topological polar surface area (TPSA) is 15.3 Å². The van der Waals surface area contributed by atoms with Crippen molar-refractivity contribution in [2.24, 2.45) is 11.8 Å². The van der Waals surface area contributed by atoms with Crippen molar-refractivity contribution < 1.29 is 0 Å². The molecule has 2 nitrogen and oxygen atoms in total. The standard InChI is InChI=1S/C19H28N2/c1-14-18(16-5-3-2-4-6-16)11-19(14)20-12-15-9-10-21(13-15)17-7-8-17/h2-6,14-15,17-20H,7-13H2,1H3/t14-,15+,18-,19+/m0/s1. The van der Waals surface area contributed by atoms with Crippen LogP contribution >= 0.6 is 0 Å². The molecule has 21 heavy (non-hydrogen) atoms. The van der Waals surface area contributed by atoms with E-state index in [4.69, 9.17) is 0 Å². The van der Waals surface area contributed by atoms with Gasteiger partial charge in [-0.15, -0.1) is 0 Å². The third kappa shape index (κ3) is 2.89. The highest BCUT2D eigenvalue weighted by Gasteiger charge is 2.39. The van der Waals surface area contributed by atoms with E-state index >= 15 is 0 Å². The summed E-state index contributed by atoms with van der Waals surface area (Å²) in [7, 11) is 0. The average Bonchev–Trinajstić information content (AvgIpc) is 3.26. The lowest BCUT2D eigenvalue weighted by Gasteiger charge is -2.44. The van der Waals surface area contributed by atoms with Gasteiger partial charge < -0.3 is 10.2 Å². The van der Waals surface area contributed by atoms with Crippen molar-refractivity contribution in [1.29, 1.82) is 0 Å². The van der Waals surface area contributed by atoms with Gasteiger partial charge in [-0.3, -0.25) is 0 Å². The van der Waals surface area contributed by atoms with E-state index in [1.165, 1.54) is 50.9 Å². The van der Waals surface area contributed by atoms with Gasteiger partial charge >= 0.3 is 0 Å². The second-order valence-electron chi connectivity index (χ2n) is 7.51. The zero-order valence-electron chi connectivity index (χ0n) is 13.2. The molecule has 1 saturated heterocycles. The molecular formula is C19H28N2. The van der Waals surface area contributed by atoms with Gasteiger partial charge in [0.1, 0.15) is 0 Å². The first-order valence-corrected chi connectivity index (χ1v) is 8.83. The van der Waals surface area contributed by atoms with Gasteiger partial charge in [0.05, 0.1) is 0 Å². The molecule has 4 atom stereocenters. The Kier molecular flexibility index (Phi) is 3.76. The molecule has 2 saturated carbocycles. The highest BCUT2D eigenvalue weighted by Crippen LogP contribution is 2.42. The molecule has 0 unspecified atom stereocenters. The van der Waals surface area contributed by atoms with E-state index in [1.54, 1.807) is 0 Å². The molecule has 1 aromatic rings. The first kappa shape index (κ1) is 13.8. The smallest absolute Gasteiger partial charge is 0.0105 e. The summed E-state index contributed by atoms with van der Waals surface area (Å²) in [6.45, 7) is 6.36. The number of nitrogens with zero attached hydrogens (tertiary/aromatic N) is 1. The normalized spacial score (nSPS) is 36.6. The molecule has 3 fully saturated rings. The molecule has 1 heterocycles. The molecule has 0 bridgehead atoms. The third-order valence-corrected chi connectivity index (χ3v) is 6.05. The number of rotatable bonds is 5. The summed E-state index contributed by atoms with van der Waals surface area (Å²) in [6, 6.07) is 12.8. The lowest BCUT2D eigenvalue weighted by Crippen LogP contribution is -2.49. The minimum atomic E-state index is 0.741. The largest absolute Gasteiger partial charge is 0.313 e. The number of benzene rings is 1. The van der Waals surface area contributed by atoms with Crippen molar-refractivity contribution >= 4 is 0 Å². The van der Waals surface area contributed by atoms with Crippen LogP contribution < -0.4 is 5.32 Å². The van der Waals surface area contributed by atoms with Crippen molar-refractivity contribution in [2.75, 3.05) is 19.6 Å². The minimum Gasteiger partial charge on any atom is -0.313 e. The van der Waals surface area contributed by atoms with Gasteiger partial charge in [-0.25, -0.2) is 0 Å². The molecule has 2 aliphatic carbocycles. The summed E-state index contributed by atoms with van der Waals surface area (Å²) >= 11 is 0. The van der Waals surface area contributed by atoms with E-state index in [0.29, 0.717) is 0 Å². The van der Waals surface area contributed by atoms with Crippen LogP contribution in [0.5, 0.6) is 0 Å². The second kappa shape index (κ2) is 5.73. The van der Waals surface area contributed by atoms with Gasteiger partial charge in [-0.05, 0) is 62.1 Å². The van der Waals surface area contributed by atoms with Crippen LogP contribution in [0.2, 0.25) is 0 Å². The van der Waals surface area contributed by atoms with Crippen LogP contribution in [-0.4, -0.2) is 36.6 Å². The first-order chi connectivity index (χ1) is 10.3. The maximum absolute atomic E-state index is 3.86. The Balaban J connectivity index is 1.22. The molecule has 1 aliphatic heterocycles. The molecule has 4 rings (SSSR count). The van der Waals surface area contributed by atoms with Crippen molar-refractivity contribution in [3.05, 3.63) is 35.9 Å². The van der Waals surface area contributed by atoms with Crippen LogP contribution in [0.4, 0.5) is 0 Å². The zero-order valence-corrected chi connectivity index (χ0v) is 13.2. The molecule has 2 heteroatoms. The Hall–Kier alpha value is -0.860. The number of hydrogen-bond acceptors (Lipinski definition) is 2. The van der Waals surface area contributed by atoms with Crippen molar-refractivity contribution in [3.8, 4) is 0 Å². The van der Waals surface area contributed by atoms with E-state index in [1.807, 2.05) is 0 Å². The van der Waals surface area contributed by atoms with Crippen LogP contribution in [0.1, 0.15) is 44.1 Å². The van der Waals surface area contributed by atoms with Gasteiger partial charge in [0.2, 0.25) is 0 Å². The fraction of sp³-hybridized carbons (Fsp3) is 0.684.